The summed E-state index contributed by atoms with van der Waals surface area (Å²) in [6.45, 7) is 2.29. The summed E-state index contributed by atoms with van der Waals surface area (Å²) in [6, 6.07) is 0. The van der Waals surface area contributed by atoms with Crippen molar-refractivity contribution in [3.63, 3.8) is 0 Å². The van der Waals surface area contributed by atoms with Crippen LogP contribution in [0.25, 0.3) is 0 Å². The second-order valence-corrected chi connectivity index (χ2v) is 6.13. The Hall–Kier alpha value is 0.545. The molecule has 1 heterocycles. The quantitative estimate of drug-likeness (QED) is 0.438. The summed E-state index contributed by atoms with van der Waals surface area (Å²) in [4.78, 5) is 0. The van der Waals surface area contributed by atoms with E-state index in [4.69, 9.17) is 0 Å². The summed E-state index contributed by atoms with van der Waals surface area (Å²) in [5, 5.41) is 0. The fourth-order valence-electron chi connectivity index (χ4n) is 2.49. The summed E-state index contributed by atoms with van der Waals surface area (Å²) >= 11 is 3.72. The molecule has 0 aromatic heterocycles. The molecule has 0 aromatic rings. The average molecular weight is 259 g/mol. The van der Waals surface area contributed by atoms with Gasteiger partial charge in [0.05, 0.1) is 0 Å². The van der Waals surface area contributed by atoms with Crippen LogP contribution in [0.5, 0.6) is 0 Å². The third-order valence-electron chi connectivity index (χ3n) is 3.44. The third-order valence-corrected chi connectivity index (χ3v) is 4.27. The Morgan fingerprint density at radius 3 is 2.50 bits per heavy atom. The Morgan fingerprint density at radius 2 is 1.86 bits per heavy atom. The minimum Gasteiger partial charge on any atom is -0.157 e. The molecule has 1 aliphatic heterocycles. The number of unbranched alkanes of at least 4 members (excludes halogenated alkanes) is 5. The molecule has 2 heteroatoms. The van der Waals surface area contributed by atoms with Crippen molar-refractivity contribution in [1.29, 1.82) is 0 Å². The number of rotatable bonds is 7. The lowest BCUT2D eigenvalue weighted by Gasteiger charge is -2.08. The normalized spacial score (nSPS) is 21.9. The van der Waals surface area contributed by atoms with E-state index in [2.05, 4.69) is 22.7 Å². The molecule has 1 unspecified atom stereocenters. The lowest BCUT2D eigenvalue weighted by molar-refractivity contribution is 0.486. The zero-order valence-electron chi connectivity index (χ0n) is 9.60. The molecule has 0 spiro atoms. The summed E-state index contributed by atoms with van der Waals surface area (Å²) < 4.78 is 0. The number of halogens is 1. The van der Waals surface area contributed by atoms with Crippen molar-refractivity contribution < 1.29 is 0 Å². The smallest absolute Gasteiger partial charge is 0.157 e. The van der Waals surface area contributed by atoms with E-state index in [9.17, 15) is 0 Å². The van der Waals surface area contributed by atoms with Gasteiger partial charge in [0.2, 0.25) is 5.54 Å². The van der Waals surface area contributed by atoms with E-state index < -0.39 is 0 Å². The molecule has 82 valence electrons. The van der Waals surface area contributed by atoms with Gasteiger partial charge in [-0.3, -0.25) is 0 Å². The molecule has 1 rings (SSSR count). The molecule has 1 saturated heterocycles. The molecule has 1 atom stereocenters. The van der Waals surface area contributed by atoms with Gasteiger partial charge in [-0.05, 0) is 5.92 Å². The molecule has 0 N–H and O–H groups in total. The van der Waals surface area contributed by atoms with Crippen molar-refractivity contribution in [1.82, 2.24) is 0 Å². The first-order chi connectivity index (χ1) is 6.83. The highest BCUT2D eigenvalue weighted by atomic mass is 79.9. The van der Waals surface area contributed by atoms with Crippen LogP contribution in [-0.2, 0) is 0 Å². The Kier molecular flexibility index (Phi) is 7.02. The van der Waals surface area contributed by atoms with Crippen molar-refractivity contribution >= 4 is 21.3 Å². The van der Waals surface area contributed by atoms with E-state index >= 15 is 0 Å². The molecule has 0 aliphatic carbocycles. The van der Waals surface area contributed by atoms with Crippen LogP contribution >= 0.6 is 15.8 Å². The van der Waals surface area contributed by atoms with E-state index in [1.54, 1.807) is 0 Å². The molecule has 0 saturated carbocycles. The zero-order valence-corrected chi connectivity index (χ0v) is 11.2. The maximum Gasteiger partial charge on any atom is 0.223 e. The Labute approximate surface area is 98.3 Å². The monoisotopic (exact) mass is 258 g/mol. The lowest BCUT2D eigenvalue weighted by Crippen LogP contribution is -1.96. The molecule has 14 heavy (non-hydrogen) atoms. The fourth-order valence-corrected chi connectivity index (χ4v) is 3.28. The first kappa shape index (κ1) is 12.6. The van der Waals surface area contributed by atoms with Gasteiger partial charge in [-0.2, -0.15) is 15.8 Å². The van der Waals surface area contributed by atoms with E-state index in [0.717, 1.165) is 11.5 Å². The van der Waals surface area contributed by atoms with Crippen molar-refractivity contribution in [3.8, 4) is 0 Å². The number of hydrogen-bond donors (Lipinski definition) is 0. The van der Waals surface area contributed by atoms with Crippen LogP contribution in [0.2, 0.25) is 12.6 Å². The van der Waals surface area contributed by atoms with Gasteiger partial charge in [-0.1, -0.05) is 70.9 Å². The molecule has 0 aromatic carbocycles. The van der Waals surface area contributed by atoms with Crippen LogP contribution < -0.4 is 0 Å². The van der Waals surface area contributed by atoms with Crippen LogP contribution in [0.1, 0.15) is 58.3 Å². The van der Waals surface area contributed by atoms with Crippen molar-refractivity contribution in [3.05, 3.63) is 0 Å². The van der Waals surface area contributed by atoms with Gasteiger partial charge in [0.1, 0.15) is 0 Å². The molecule has 0 bridgehead atoms. The molecular formula is C12H24BBr. The van der Waals surface area contributed by atoms with Crippen LogP contribution in [-0.4, -0.2) is 5.54 Å². The predicted octanol–water partition coefficient (Wildman–Crippen LogP) is 5.14. The van der Waals surface area contributed by atoms with Gasteiger partial charge >= 0.3 is 0 Å². The van der Waals surface area contributed by atoms with Gasteiger partial charge in [0, 0.05) is 0 Å². The Balaban J connectivity index is 1.84. The van der Waals surface area contributed by atoms with E-state index in [1.807, 2.05) is 0 Å². The summed E-state index contributed by atoms with van der Waals surface area (Å²) in [7, 11) is 0. The second-order valence-electron chi connectivity index (χ2n) is 4.83. The SMILES string of the molecule is CCCCCCCCC1CCB(Br)C1. The Morgan fingerprint density at radius 1 is 1.14 bits per heavy atom. The highest BCUT2D eigenvalue weighted by Gasteiger charge is 2.24. The zero-order chi connectivity index (χ0) is 10.2. The maximum atomic E-state index is 3.72. The molecule has 0 amide bonds. The van der Waals surface area contributed by atoms with Crippen molar-refractivity contribution in [2.45, 2.75) is 70.9 Å². The fraction of sp³-hybridized carbons (Fsp3) is 1.00. The van der Waals surface area contributed by atoms with Gasteiger partial charge in [-0.15, -0.1) is 0 Å². The van der Waals surface area contributed by atoms with Gasteiger partial charge in [0.15, 0.2) is 0 Å². The van der Waals surface area contributed by atoms with Gasteiger partial charge < -0.3 is 0 Å². The van der Waals surface area contributed by atoms with E-state index in [1.165, 1.54) is 64.0 Å². The topological polar surface area (TPSA) is 0 Å². The molecule has 0 radical (unpaired) electrons. The molecule has 0 nitrogen and oxygen atoms in total. The lowest BCUT2D eigenvalue weighted by atomic mass is 9.75. The van der Waals surface area contributed by atoms with Crippen LogP contribution in [0, 0.1) is 5.92 Å². The van der Waals surface area contributed by atoms with Crippen LogP contribution in [0.4, 0.5) is 0 Å². The highest BCUT2D eigenvalue weighted by Crippen LogP contribution is 2.33. The summed E-state index contributed by atoms with van der Waals surface area (Å²) in [5.74, 6) is 1.05. The summed E-state index contributed by atoms with van der Waals surface area (Å²) in [6.07, 6.45) is 14.5. The van der Waals surface area contributed by atoms with E-state index in [0.29, 0.717) is 0 Å². The van der Waals surface area contributed by atoms with Gasteiger partial charge in [-0.25, -0.2) is 0 Å². The third kappa shape index (κ3) is 5.43. The molecule has 1 aliphatic rings. The number of hydrogen-bond acceptors (Lipinski definition) is 0. The van der Waals surface area contributed by atoms with Gasteiger partial charge in [0.25, 0.3) is 0 Å². The van der Waals surface area contributed by atoms with Crippen LogP contribution in [0.15, 0.2) is 0 Å². The first-order valence-corrected chi connectivity index (χ1v) is 7.38. The van der Waals surface area contributed by atoms with Crippen molar-refractivity contribution in [2.75, 3.05) is 0 Å². The Bertz CT molecular complexity index is 138. The molecular weight excluding hydrogens is 235 g/mol. The minimum absolute atomic E-state index is 0.840. The molecule has 1 fully saturated rings. The largest absolute Gasteiger partial charge is 0.223 e. The second kappa shape index (κ2) is 7.79. The maximum absolute atomic E-state index is 3.72. The standard InChI is InChI=1S/C12H24BBr/c1-2-3-4-5-6-7-8-12-9-10-13(14)11-12/h12H,2-11H2,1H3. The van der Waals surface area contributed by atoms with E-state index in [-0.39, 0.29) is 0 Å². The average Bonchev–Trinajstić information content (AvgIpc) is 2.58. The van der Waals surface area contributed by atoms with Crippen molar-refractivity contribution in [2.24, 2.45) is 5.92 Å². The van der Waals surface area contributed by atoms with Crippen LogP contribution in [0.3, 0.4) is 0 Å². The highest BCUT2D eigenvalue weighted by molar-refractivity contribution is 9.24. The summed E-state index contributed by atoms with van der Waals surface area (Å²) in [5.41, 5.74) is 0.840. The predicted molar refractivity (Wildman–Crippen MR) is 70.4 cm³/mol. The first-order valence-electron chi connectivity index (χ1n) is 6.47. The minimum atomic E-state index is 0.840.